The highest BCUT2D eigenvalue weighted by atomic mass is 35.5. The van der Waals surface area contributed by atoms with E-state index < -0.39 is 0 Å². The number of hydrogen-bond donors (Lipinski definition) is 0. The van der Waals surface area contributed by atoms with Crippen molar-refractivity contribution >= 4 is 24.2 Å². The molecule has 2 aromatic carbocycles. The molecule has 2 aliphatic rings. The van der Waals surface area contributed by atoms with Crippen LogP contribution in [0.2, 0.25) is 5.02 Å². The Morgan fingerprint density at radius 3 is 1.62 bits per heavy atom. The maximum atomic E-state index is 6.69. The van der Waals surface area contributed by atoms with E-state index in [0.717, 1.165) is 10.5 Å². The second-order valence-corrected chi connectivity index (χ2v) is 13.6. The Balaban J connectivity index is 1.68. The van der Waals surface area contributed by atoms with E-state index in [2.05, 4.69) is 77.9 Å². The SMILES string of the molecule is CCCCCCCCC1(CCCCCCCC)c2cc(Cl)ccc2-c2ccc(B3OC(C)(C)C(C)(C)O3)cc21. The molecule has 1 aliphatic heterocycles. The summed E-state index contributed by atoms with van der Waals surface area (Å²) >= 11 is 6.69. The second-order valence-electron chi connectivity index (χ2n) is 13.2. The lowest BCUT2D eigenvalue weighted by atomic mass is 9.68. The molecule has 0 N–H and O–H groups in total. The number of unbranched alkanes of at least 4 members (excludes halogenated alkanes) is 10. The second kappa shape index (κ2) is 13.1. The minimum atomic E-state index is -0.346. The summed E-state index contributed by atoms with van der Waals surface area (Å²) in [7, 11) is -0.339. The van der Waals surface area contributed by atoms with Crippen LogP contribution < -0.4 is 5.46 Å². The summed E-state index contributed by atoms with van der Waals surface area (Å²) < 4.78 is 13.0. The lowest BCUT2D eigenvalue weighted by Crippen LogP contribution is -2.41. The molecule has 39 heavy (non-hydrogen) atoms. The Bertz CT molecular complexity index is 1060. The van der Waals surface area contributed by atoms with Crippen molar-refractivity contribution in [3.8, 4) is 11.1 Å². The van der Waals surface area contributed by atoms with Gasteiger partial charge in [0.05, 0.1) is 11.2 Å². The van der Waals surface area contributed by atoms with Crippen molar-refractivity contribution in [2.45, 2.75) is 148 Å². The summed E-state index contributed by atoms with van der Waals surface area (Å²) in [5.41, 5.74) is 6.10. The third-order valence-electron chi connectivity index (χ3n) is 9.79. The molecular formula is C35H52BClO2. The first-order chi connectivity index (χ1) is 18.6. The molecule has 4 heteroatoms. The molecule has 1 saturated heterocycles. The molecule has 2 aromatic rings. The van der Waals surface area contributed by atoms with Crippen molar-refractivity contribution < 1.29 is 9.31 Å². The normalized spacial score (nSPS) is 18.4. The summed E-state index contributed by atoms with van der Waals surface area (Å²) in [6, 6.07) is 13.6. The van der Waals surface area contributed by atoms with Crippen LogP contribution in [0, 0.1) is 0 Å². The molecule has 0 radical (unpaired) electrons. The van der Waals surface area contributed by atoms with Gasteiger partial charge >= 0.3 is 7.12 Å². The Morgan fingerprint density at radius 1 is 0.615 bits per heavy atom. The Hall–Kier alpha value is -1.29. The third kappa shape index (κ3) is 6.63. The molecule has 1 aliphatic carbocycles. The van der Waals surface area contributed by atoms with Gasteiger partial charge in [0.15, 0.2) is 0 Å². The summed E-state index contributed by atoms with van der Waals surface area (Å²) in [4.78, 5) is 0. The minimum absolute atomic E-state index is 0.00469. The lowest BCUT2D eigenvalue weighted by molar-refractivity contribution is 0.00578. The third-order valence-corrected chi connectivity index (χ3v) is 10.0. The van der Waals surface area contributed by atoms with Crippen molar-refractivity contribution in [3.63, 3.8) is 0 Å². The predicted molar refractivity (Wildman–Crippen MR) is 169 cm³/mol. The van der Waals surface area contributed by atoms with Crippen molar-refractivity contribution in [1.29, 1.82) is 0 Å². The fourth-order valence-electron chi connectivity index (χ4n) is 6.69. The first-order valence-corrected chi connectivity index (χ1v) is 16.3. The van der Waals surface area contributed by atoms with E-state index >= 15 is 0 Å². The fraction of sp³-hybridized carbons (Fsp3) is 0.657. The largest absolute Gasteiger partial charge is 0.494 e. The standard InChI is InChI=1S/C35H52BClO2/c1-7-9-11-13-15-17-23-35(24-18-16-14-12-10-8-2)31-25-27(36-38-33(3,4)34(5,6)39-36)19-21-29(31)30-22-20-28(37)26-32(30)35/h19-22,25-26H,7-18,23-24H2,1-6H3. The van der Waals surface area contributed by atoms with Gasteiger partial charge in [-0.1, -0.05) is 127 Å². The van der Waals surface area contributed by atoms with Crippen LogP contribution in [0.3, 0.4) is 0 Å². The van der Waals surface area contributed by atoms with Gasteiger partial charge < -0.3 is 9.31 Å². The monoisotopic (exact) mass is 550 g/mol. The number of halogens is 1. The molecule has 2 nitrogen and oxygen atoms in total. The zero-order valence-electron chi connectivity index (χ0n) is 25.6. The molecule has 0 aromatic heterocycles. The highest BCUT2D eigenvalue weighted by Crippen LogP contribution is 2.54. The van der Waals surface area contributed by atoms with E-state index in [4.69, 9.17) is 20.9 Å². The van der Waals surface area contributed by atoms with Crippen molar-refractivity contribution in [2.75, 3.05) is 0 Å². The molecule has 0 spiro atoms. The van der Waals surface area contributed by atoms with Crippen molar-refractivity contribution in [1.82, 2.24) is 0 Å². The minimum Gasteiger partial charge on any atom is -0.399 e. The molecular weight excluding hydrogens is 499 g/mol. The summed E-state index contributed by atoms with van der Waals surface area (Å²) in [5.74, 6) is 0. The molecule has 0 unspecified atom stereocenters. The van der Waals surface area contributed by atoms with E-state index in [0.29, 0.717) is 0 Å². The number of rotatable bonds is 15. The van der Waals surface area contributed by atoms with Crippen LogP contribution in [0.25, 0.3) is 11.1 Å². The highest BCUT2D eigenvalue weighted by molar-refractivity contribution is 6.62. The molecule has 0 saturated carbocycles. The first kappa shape index (κ1) is 30.7. The fourth-order valence-corrected chi connectivity index (χ4v) is 6.86. The topological polar surface area (TPSA) is 18.5 Å². The van der Waals surface area contributed by atoms with Crippen LogP contribution in [-0.4, -0.2) is 18.3 Å². The molecule has 0 bridgehead atoms. The van der Waals surface area contributed by atoms with Gasteiger partial charge in [0.1, 0.15) is 0 Å². The van der Waals surface area contributed by atoms with E-state index in [1.807, 2.05) is 0 Å². The van der Waals surface area contributed by atoms with Crippen LogP contribution in [0.4, 0.5) is 0 Å². The molecule has 0 amide bonds. The van der Waals surface area contributed by atoms with Crippen LogP contribution in [-0.2, 0) is 14.7 Å². The lowest BCUT2D eigenvalue weighted by Gasteiger charge is -2.33. The van der Waals surface area contributed by atoms with Gasteiger partial charge in [-0.15, -0.1) is 0 Å². The molecule has 0 atom stereocenters. The van der Waals surface area contributed by atoms with Gasteiger partial charge in [0, 0.05) is 10.4 Å². The highest BCUT2D eigenvalue weighted by Gasteiger charge is 2.52. The van der Waals surface area contributed by atoms with E-state index in [1.165, 1.54) is 112 Å². The molecule has 214 valence electrons. The Kier molecular flexibility index (Phi) is 10.3. The first-order valence-electron chi connectivity index (χ1n) is 16.0. The number of benzene rings is 2. The maximum absolute atomic E-state index is 6.69. The van der Waals surface area contributed by atoms with Crippen LogP contribution in [0.1, 0.15) is 143 Å². The zero-order chi connectivity index (χ0) is 28.1. The van der Waals surface area contributed by atoms with Crippen LogP contribution in [0.15, 0.2) is 36.4 Å². The summed E-state index contributed by atoms with van der Waals surface area (Å²) in [6.07, 6.45) is 18.2. The van der Waals surface area contributed by atoms with Gasteiger partial charge in [-0.25, -0.2) is 0 Å². The smallest absolute Gasteiger partial charge is 0.399 e. The van der Waals surface area contributed by atoms with Gasteiger partial charge in [-0.05, 0) is 80.4 Å². The average molecular weight is 551 g/mol. The quantitative estimate of drug-likeness (QED) is 0.162. The predicted octanol–water partition coefficient (Wildman–Crippen LogP) is 10.4. The van der Waals surface area contributed by atoms with E-state index in [9.17, 15) is 0 Å². The van der Waals surface area contributed by atoms with E-state index in [1.54, 1.807) is 0 Å². The van der Waals surface area contributed by atoms with Gasteiger partial charge in [-0.3, -0.25) is 0 Å². The maximum Gasteiger partial charge on any atom is 0.494 e. The van der Waals surface area contributed by atoms with Crippen LogP contribution >= 0.6 is 11.6 Å². The van der Waals surface area contributed by atoms with E-state index in [-0.39, 0.29) is 23.7 Å². The number of hydrogen-bond acceptors (Lipinski definition) is 2. The summed E-state index contributed by atoms with van der Waals surface area (Å²) in [6.45, 7) is 13.1. The molecule has 4 rings (SSSR count). The molecule has 1 fully saturated rings. The van der Waals surface area contributed by atoms with Crippen LogP contribution in [0.5, 0.6) is 0 Å². The Morgan fingerprint density at radius 2 is 1.08 bits per heavy atom. The Labute approximate surface area is 244 Å². The average Bonchev–Trinajstić information content (AvgIpc) is 3.29. The van der Waals surface area contributed by atoms with Crippen molar-refractivity contribution in [3.05, 3.63) is 52.5 Å². The van der Waals surface area contributed by atoms with Gasteiger partial charge in [-0.2, -0.15) is 0 Å². The zero-order valence-corrected chi connectivity index (χ0v) is 26.4. The summed E-state index contributed by atoms with van der Waals surface area (Å²) in [5, 5.41) is 0.850. The van der Waals surface area contributed by atoms with Gasteiger partial charge in [0.25, 0.3) is 0 Å². The molecule has 1 heterocycles. The van der Waals surface area contributed by atoms with Gasteiger partial charge in [0.2, 0.25) is 0 Å². The van der Waals surface area contributed by atoms with Crippen molar-refractivity contribution in [2.24, 2.45) is 0 Å². The number of fused-ring (bicyclic) bond motifs is 3.